The van der Waals surface area contributed by atoms with Crippen LogP contribution >= 0.6 is 31.3 Å². The van der Waals surface area contributed by atoms with Crippen molar-refractivity contribution in [3.8, 4) is 12.3 Å². The van der Waals surface area contributed by atoms with Crippen LogP contribution in [0, 0.1) is 19.3 Å². The van der Waals surface area contributed by atoms with Crippen molar-refractivity contribution in [1.82, 2.24) is 9.55 Å². The molecule has 0 saturated carbocycles. The second-order valence-electron chi connectivity index (χ2n) is 7.66. The fraction of sp³-hybridized carbons (Fsp3) is 0.545. The number of aryl methyl sites for hydroxylation is 1. The maximum absolute atomic E-state index is 13.3. The molecule has 0 saturated heterocycles. The first-order valence-electron chi connectivity index (χ1n) is 11.3. The number of aliphatic hydroxyl groups is 2. The molecule has 0 aromatic carbocycles. The number of H-pyrrole nitrogens is 1. The number of phosphoric ester groups is 1. The lowest BCUT2D eigenvalue weighted by Crippen LogP contribution is -2.37. The lowest BCUT2D eigenvalue weighted by atomic mass is 10.1. The third-order valence-corrected chi connectivity index (χ3v) is 8.02. The van der Waals surface area contributed by atoms with E-state index in [1.165, 1.54) is 25.3 Å². The van der Waals surface area contributed by atoms with Gasteiger partial charge in [0.25, 0.3) is 5.56 Å². The molecule has 0 bridgehead atoms. The van der Waals surface area contributed by atoms with Crippen LogP contribution in [0.25, 0.3) is 0 Å². The third kappa shape index (κ3) is 9.96. The van der Waals surface area contributed by atoms with Crippen LogP contribution in [-0.2, 0) is 32.5 Å². The lowest BCUT2D eigenvalue weighted by Gasteiger charge is -2.26. The molecule has 2 heterocycles. The summed E-state index contributed by atoms with van der Waals surface area (Å²) < 4.78 is 36.3. The van der Waals surface area contributed by atoms with E-state index in [-0.39, 0.29) is 66.6 Å². The Kier molecular flexibility index (Phi) is 13.2. The smallest absolute Gasteiger partial charge is 0.396 e. The van der Waals surface area contributed by atoms with Crippen LogP contribution in [0.1, 0.15) is 24.6 Å². The van der Waals surface area contributed by atoms with Gasteiger partial charge in [0.1, 0.15) is 6.61 Å². The first-order valence-corrected chi connectivity index (χ1v) is 14.7. The predicted molar refractivity (Wildman–Crippen MR) is 141 cm³/mol. The van der Waals surface area contributed by atoms with E-state index in [4.69, 9.17) is 34.9 Å². The molecule has 16 heteroatoms. The normalized spacial score (nSPS) is 18.9. The Hall–Kier alpha value is -1.99. The summed E-state index contributed by atoms with van der Waals surface area (Å²) in [6, 6.07) is 0. The van der Waals surface area contributed by atoms with Gasteiger partial charge in [-0.15, -0.1) is 6.42 Å². The zero-order valence-corrected chi connectivity index (χ0v) is 23.1. The van der Waals surface area contributed by atoms with E-state index >= 15 is 0 Å². The Morgan fingerprint density at radius 1 is 1.16 bits per heavy atom. The number of phosphoric acid groups is 1. The molecule has 3 N–H and O–H groups in total. The molecule has 38 heavy (non-hydrogen) atoms. The molecule has 1 aliphatic heterocycles. The minimum Gasteiger partial charge on any atom is -0.396 e. The van der Waals surface area contributed by atoms with Crippen molar-refractivity contribution in [1.29, 1.82) is 0 Å². The number of thioether (sulfide) groups is 2. The fourth-order valence-corrected chi connectivity index (χ4v) is 5.60. The van der Waals surface area contributed by atoms with Gasteiger partial charge >= 0.3 is 13.5 Å². The minimum atomic E-state index is -4.27. The number of aliphatic hydroxyl groups excluding tert-OH is 2. The molecule has 0 unspecified atom stereocenters. The van der Waals surface area contributed by atoms with E-state index in [1.807, 2.05) is 0 Å². The molecule has 2 atom stereocenters. The molecule has 1 aromatic rings. The van der Waals surface area contributed by atoms with Crippen molar-refractivity contribution in [3.63, 3.8) is 0 Å². The molecule has 0 fully saturated rings. The highest BCUT2D eigenvalue weighted by atomic mass is 32.2. The predicted octanol–water partition coefficient (Wildman–Crippen LogP) is 0.744. The first kappa shape index (κ1) is 32.2. The number of rotatable bonds is 16. The molecular formula is C22H29N2O11PS2. The number of carbonyl (C=O) groups is 2. The maximum atomic E-state index is 13.3. The average Bonchev–Trinajstić information content (AvgIpc) is 3.31. The molecule has 0 aliphatic carbocycles. The Morgan fingerprint density at radius 3 is 2.26 bits per heavy atom. The number of aromatic nitrogens is 2. The lowest BCUT2D eigenvalue weighted by molar-refractivity contribution is -0.112. The van der Waals surface area contributed by atoms with Crippen molar-refractivity contribution in [2.75, 3.05) is 44.5 Å². The second kappa shape index (κ2) is 15.6. The summed E-state index contributed by atoms with van der Waals surface area (Å²) >= 11 is 1.75. The van der Waals surface area contributed by atoms with Gasteiger partial charge in [-0.05, 0) is 19.1 Å². The number of ether oxygens (including phenoxy) is 1. The highest BCUT2D eigenvalue weighted by molar-refractivity contribution is 8.13. The van der Waals surface area contributed by atoms with Crippen molar-refractivity contribution in [2.45, 2.75) is 31.6 Å². The van der Waals surface area contributed by atoms with Crippen LogP contribution in [0.2, 0.25) is 0 Å². The van der Waals surface area contributed by atoms with Crippen molar-refractivity contribution in [2.24, 2.45) is 0 Å². The summed E-state index contributed by atoms with van der Waals surface area (Å²) in [6.45, 7) is 0.0164. The van der Waals surface area contributed by atoms with E-state index in [0.717, 1.165) is 28.1 Å². The summed E-state index contributed by atoms with van der Waals surface area (Å²) in [4.78, 5) is 49.2. The first-order chi connectivity index (χ1) is 18.1. The molecule has 13 nitrogen and oxygen atoms in total. The van der Waals surface area contributed by atoms with Crippen LogP contribution in [0.3, 0.4) is 0 Å². The van der Waals surface area contributed by atoms with Gasteiger partial charge in [0.05, 0.1) is 26.4 Å². The summed E-state index contributed by atoms with van der Waals surface area (Å²) in [5, 5.41) is 17.1. The molecule has 210 valence electrons. The van der Waals surface area contributed by atoms with Gasteiger partial charge in [0.15, 0.2) is 22.1 Å². The zero-order valence-electron chi connectivity index (χ0n) is 20.5. The molecule has 1 aliphatic rings. The van der Waals surface area contributed by atoms with E-state index in [1.54, 1.807) is 0 Å². The summed E-state index contributed by atoms with van der Waals surface area (Å²) in [7, 11) is -4.27. The SMILES string of the molecule is C#C[C@@]1(COP(=O)(OCCSC(=O)CCO)OCCSC(=O)CCO)C=C[C@H](n2cc(C)c(=O)[nH]c2=O)O1. The van der Waals surface area contributed by atoms with Crippen molar-refractivity contribution in [3.05, 3.63) is 44.8 Å². The van der Waals surface area contributed by atoms with Gasteiger partial charge in [-0.3, -0.25) is 37.5 Å². The molecule has 0 radical (unpaired) electrons. The van der Waals surface area contributed by atoms with Gasteiger partial charge in [0.2, 0.25) is 0 Å². The van der Waals surface area contributed by atoms with Crippen molar-refractivity contribution >= 4 is 41.6 Å². The topological polar surface area (TPSA) is 183 Å². The second-order valence-corrected chi connectivity index (χ2v) is 11.6. The van der Waals surface area contributed by atoms with Gasteiger partial charge in [-0.1, -0.05) is 29.4 Å². The molecule has 0 amide bonds. The van der Waals surface area contributed by atoms with E-state index in [9.17, 15) is 23.7 Å². The Labute approximate surface area is 226 Å². The Balaban J connectivity index is 2.05. The molecular weight excluding hydrogens is 563 g/mol. The van der Waals surface area contributed by atoms with E-state index in [2.05, 4.69) is 10.9 Å². The standard InChI is InChI=1S/C22H29N2O11PS2/c1-3-22(7-4-17(35-22)24-14-16(2)20(29)23-21(24)30)15-34-36(31,32-10-12-37-18(27)5-8-25)33-11-13-38-19(28)6-9-26/h1,4,7,14,17,25-26H,5-6,8-13,15H2,2H3,(H,23,29,30)/t17-,22+/m1/s1. The number of nitrogens with one attached hydrogen (secondary N) is 1. The van der Waals surface area contributed by atoms with Gasteiger partial charge in [-0.2, -0.15) is 0 Å². The van der Waals surface area contributed by atoms with Crippen LogP contribution in [0.5, 0.6) is 0 Å². The molecule has 0 spiro atoms. The zero-order chi connectivity index (χ0) is 28.2. The monoisotopic (exact) mass is 592 g/mol. The quantitative estimate of drug-likeness (QED) is 0.106. The largest absolute Gasteiger partial charge is 0.474 e. The van der Waals surface area contributed by atoms with Gasteiger partial charge in [0, 0.05) is 36.1 Å². The fourth-order valence-electron chi connectivity index (χ4n) is 2.89. The van der Waals surface area contributed by atoms with E-state index in [0.29, 0.717) is 0 Å². The highest BCUT2D eigenvalue weighted by Crippen LogP contribution is 2.51. The number of hydrogen-bond acceptors (Lipinski definition) is 13. The van der Waals surface area contributed by atoms with E-state index < -0.39 is 37.5 Å². The number of aromatic amines is 1. The van der Waals surface area contributed by atoms with Gasteiger partial charge in [-0.25, -0.2) is 9.36 Å². The van der Waals surface area contributed by atoms with Crippen LogP contribution in [0.15, 0.2) is 27.9 Å². The van der Waals surface area contributed by atoms with Crippen LogP contribution < -0.4 is 11.2 Å². The number of carbonyl (C=O) groups excluding carboxylic acids is 2. The summed E-state index contributed by atoms with van der Waals surface area (Å²) in [5.74, 6) is 2.60. The molecule has 2 rings (SSSR count). The van der Waals surface area contributed by atoms with Crippen LogP contribution in [0.4, 0.5) is 0 Å². The maximum Gasteiger partial charge on any atom is 0.474 e. The highest BCUT2D eigenvalue weighted by Gasteiger charge is 2.39. The summed E-state index contributed by atoms with van der Waals surface area (Å²) in [6.07, 6.45) is 8.81. The number of terminal acetylenes is 1. The Morgan fingerprint density at radius 2 is 1.74 bits per heavy atom. The Bertz CT molecular complexity index is 1180. The van der Waals surface area contributed by atoms with Crippen LogP contribution in [-0.4, -0.2) is 80.1 Å². The average molecular weight is 593 g/mol. The number of nitrogens with zero attached hydrogens (tertiary/aromatic N) is 1. The molecule has 1 aromatic heterocycles. The third-order valence-electron chi connectivity index (χ3n) is 4.79. The van der Waals surface area contributed by atoms with Crippen molar-refractivity contribution < 1.29 is 42.7 Å². The number of hydrogen-bond donors (Lipinski definition) is 3. The van der Waals surface area contributed by atoms with Gasteiger partial charge < -0.3 is 14.9 Å². The summed E-state index contributed by atoms with van der Waals surface area (Å²) in [5.41, 5.74) is -2.55. The minimum absolute atomic E-state index is 0.0398.